The maximum Gasteiger partial charge on any atom is 0.143 e. The minimum Gasteiger partial charge on any atom is -0.455 e. The van der Waals surface area contributed by atoms with Gasteiger partial charge in [0.15, 0.2) is 0 Å². The number of hydrogen-bond donors (Lipinski definition) is 0. The fourth-order valence-corrected chi connectivity index (χ4v) is 19.3. The molecule has 126 heavy (non-hydrogen) atoms. The van der Waals surface area contributed by atoms with Crippen LogP contribution in [0, 0.1) is 0 Å². The van der Waals surface area contributed by atoms with E-state index in [1.807, 2.05) is 12.1 Å². The molecule has 0 N–H and O–H groups in total. The Labute approximate surface area is 729 Å². The monoisotopic (exact) mass is 1610 g/mol. The molecular weight excluding hydrogens is 1530 g/mol. The van der Waals surface area contributed by atoms with Crippen LogP contribution in [-0.2, 0) is 0 Å². The summed E-state index contributed by atoms with van der Waals surface area (Å²) in [5.41, 5.74) is 36.8. The van der Waals surface area contributed by atoms with Crippen molar-refractivity contribution in [2.24, 2.45) is 0 Å². The lowest BCUT2D eigenvalue weighted by atomic mass is 9.92. The van der Waals surface area contributed by atoms with Crippen molar-refractivity contribution in [1.29, 1.82) is 0 Å². The summed E-state index contributed by atoms with van der Waals surface area (Å²) in [4.78, 5) is 4.72. The molecule has 0 fully saturated rings. The van der Waals surface area contributed by atoms with Crippen LogP contribution in [0.25, 0.3) is 199 Å². The average molecular weight is 1610 g/mol. The van der Waals surface area contributed by atoms with Crippen molar-refractivity contribution in [2.45, 2.75) is 0 Å². The van der Waals surface area contributed by atoms with Crippen molar-refractivity contribution in [3.05, 3.63) is 473 Å². The third-order valence-corrected chi connectivity index (χ3v) is 25.3. The highest BCUT2D eigenvalue weighted by atomic mass is 16.3. The van der Waals surface area contributed by atoms with E-state index in [0.29, 0.717) is 0 Å². The molecule has 0 aliphatic rings. The largest absolute Gasteiger partial charge is 0.455 e. The zero-order valence-corrected chi connectivity index (χ0v) is 68.6. The summed E-state index contributed by atoms with van der Waals surface area (Å²) in [5.74, 6) is 0. The fraction of sp³-hybridized carbons (Fsp3) is 0. The SMILES string of the molecule is c1ccc(-c2cc(-c3ccc(N(c4ccc(-c5cccc(-n6c7ccccc7c7ccccc76)c5)cc4)c4ccc(-c5cccc6c5oc5ccccc56)cc4)cc3)cc(-c3ccc4oc5c(-c6ccc(N(c7ccc(-c8cccc(-n9c%10ccccc%10c%10ccccc%109)c8)cc7)c7ccc(-c8ccccc8-c8ccccc8)cc7)cc6)cccc5c4c3)c2)cc1. The smallest absolute Gasteiger partial charge is 0.143 e. The van der Waals surface area contributed by atoms with E-state index in [2.05, 4.69) is 480 Å². The Bertz CT molecular complexity index is 8180. The Morgan fingerprint density at radius 3 is 0.833 bits per heavy atom. The summed E-state index contributed by atoms with van der Waals surface area (Å²) in [6.45, 7) is 0. The molecule has 0 radical (unpaired) electrons. The standard InChI is InChI=1S/C120H78N4O2/c1-3-23-79(24-4-1)90-73-91(82-51-64-95(65-52-82)121(97-68-55-85(56-69-97)103-38-21-40-110-109-37-13-18-46-117(109)125-119(103)110)93-60-47-80(48-61-93)87-27-19-29-99(76-87)123-113-42-14-9-33-105(113)106-34-10-15-43-114(106)123)75-92(74-90)89-59-72-118-112(78-89)111-41-22-39-104(120(111)126-118)86-57-70-98(71-58-86)122(96-66-53-84(54-67-96)102-32-8-7-31-101(102)83-25-5-2-6-26-83)94-62-49-81(50-63-94)88-28-20-30-100(77-88)124-115-44-16-11-35-107(115)108-36-12-17-45-116(108)124/h1-78H. The second-order valence-electron chi connectivity index (χ2n) is 32.6. The molecule has 6 nitrogen and oxygen atoms in total. The third kappa shape index (κ3) is 12.9. The van der Waals surface area contributed by atoms with Crippen LogP contribution in [0.3, 0.4) is 0 Å². The molecule has 20 aromatic carbocycles. The second-order valence-corrected chi connectivity index (χ2v) is 32.6. The number of fused-ring (bicyclic) bond motifs is 12. The normalized spacial score (nSPS) is 11.7. The van der Waals surface area contributed by atoms with Gasteiger partial charge in [0.1, 0.15) is 22.3 Å². The molecule has 0 amide bonds. The number of benzene rings is 20. The lowest BCUT2D eigenvalue weighted by Gasteiger charge is -2.26. The minimum atomic E-state index is 0.831. The Morgan fingerprint density at radius 1 is 0.151 bits per heavy atom. The molecule has 0 atom stereocenters. The first-order valence-electron chi connectivity index (χ1n) is 43.1. The van der Waals surface area contributed by atoms with Gasteiger partial charge in [-0.3, -0.25) is 0 Å². The van der Waals surface area contributed by atoms with Gasteiger partial charge in [-0.05, 0) is 247 Å². The third-order valence-electron chi connectivity index (χ3n) is 25.3. The van der Waals surface area contributed by atoms with Crippen molar-refractivity contribution in [2.75, 3.05) is 9.80 Å². The number of rotatable bonds is 17. The van der Waals surface area contributed by atoms with Gasteiger partial charge in [-0.15, -0.1) is 0 Å². The van der Waals surface area contributed by atoms with Crippen LogP contribution in [-0.4, -0.2) is 9.13 Å². The van der Waals surface area contributed by atoms with Crippen molar-refractivity contribution in [1.82, 2.24) is 9.13 Å². The molecule has 0 saturated carbocycles. The number of para-hydroxylation sites is 7. The second kappa shape index (κ2) is 30.7. The summed E-state index contributed by atoms with van der Waals surface area (Å²) in [6, 6.07) is 172. The first-order chi connectivity index (χ1) is 62.4. The molecule has 0 saturated heterocycles. The first-order valence-corrected chi connectivity index (χ1v) is 43.1. The van der Waals surface area contributed by atoms with Gasteiger partial charge in [0.2, 0.25) is 0 Å². The van der Waals surface area contributed by atoms with E-state index in [1.54, 1.807) is 0 Å². The molecule has 0 aliphatic carbocycles. The van der Waals surface area contributed by atoms with Gasteiger partial charge in [0.25, 0.3) is 0 Å². The van der Waals surface area contributed by atoms with Gasteiger partial charge in [0.05, 0.1) is 22.1 Å². The predicted molar refractivity (Wildman–Crippen MR) is 528 cm³/mol. The Balaban J connectivity index is 0.558. The zero-order chi connectivity index (χ0) is 83.1. The summed E-state index contributed by atoms with van der Waals surface area (Å²) in [5, 5.41) is 9.31. The van der Waals surface area contributed by atoms with Gasteiger partial charge in [0, 0.05) is 99.7 Å². The minimum absolute atomic E-state index is 0.831. The summed E-state index contributed by atoms with van der Waals surface area (Å²) in [7, 11) is 0. The molecule has 4 heterocycles. The number of aromatic nitrogens is 2. The van der Waals surface area contributed by atoms with Gasteiger partial charge in [-0.2, -0.15) is 0 Å². The van der Waals surface area contributed by atoms with Crippen LogP contribution in [0.4, 0.5) is 34.1 Å². The van der Waals surface area contributed by atoms with Crippen LogP contribution in [0.5, 0.6) is 0 Å². The van der Waals surface area contributed by atoms with Crippen LogP contribution in [0.1, 0.15) is 0 Å². The van der Waals surface area contributed by atoms with Gasteiger partial charge in [-0.25, -0.2) is 0 Å². The van der Waals surface area contributed by atoms with Crippen molar-refractivity contribution >= 4 is 122 Å². The van der Waals surface area contributed by atoms with Gasteiger partial charge >= 0.3 is 0 Å². The summed E-state index contributed by atoms with van der Waals surface area (Å²) < 4.78 is 18.4. The van der Waals surface area contributed by atoms with Crippen LogP contribution in [0.15, 0.2) is 482 Å². The Hall–Kier alpha value is -16.8. The molecular formula is C120H78N4O2. The van der Waals surface area contributed by atoms with Crippen LogP contribution >= 0.6 is 0 Å². The van der Waals surface area contributed by atoms with E-state index in [4.69, 9.17) is 8.83 Å². The Morgan fingerprint density at radius 2 is 0.413 bits per heavy atom. The highest BCUT2D eigenvalue weighted by Crippen LogP contribution is 2.47. The van der Waals surface area contributed by atoms with E-state index in [9.17, 15) is 0 Å². The number of hydrogen-bond acceptors (Lipinski definition) is 4. The van der Waals surface area contributed by atoms with Crippen LogP contribution < -0.4 is 9.80 Å². The van der Waals surface area contributed by atoms with E-state index < -0.39 is 0 Å². The lowest BCUT2D eigenvalue weighted by molar-refractivity contribution is 0.669. The van der Waals surface area contributed by atoms with Crippen molar-refractivity contribution in [3.8, 4) is 112 Å². The Kier molecular flexibility index (Phi) is 17.8. The molecule has 0 unspecified atom stereocenters. The quantitative estimate of drug-likeness (QED) is 0.0911. The van der Waals surface area contributed by atoms with Gasteiger partial charge in [-0.1, -0.05) is 315 Å². The molecule has 0 spiro atoms. The molecule has 4 aromatic heterocycles. The fourth-order valence-electron chi connectivity index (χ4n) is 19.3. The van der Waals surface area contributed by atoms with Gasteiger partial charge < -0.3 is 27.8 Å². The maximum atomic E-state index is 7.02. The molecule has 0 aliphatic heterocycles. The van der Waals surface area contributed by atoms with Crippen molar-refractivity contribution < 1.29 is 8.83 Å². The number of furan rings is 2. The van der Waals surface area contributed by atoms with Crippen molar-refractivity contribution in [3.63, 3.8) is 0 Å². The predicted octanol–water partition coefficient (Wildman–Crippen LogP) is 33.6. The molecule has 0 bridgehead atoms. The zero-order valence-electron chi connectivity index (χ0n) is 68.6. The molecule has 24 aromatic rings. The van der Waals surface area contributed by atoms with E-state index in [0.717, 1.165) is 173 Å². The number of nitrogens with zero attached hydrogens (tertiary/aromatic N) is 4. The maximum absolute atomic E-state index is 7.02. The van der Waals surface area contributed by atoms with E-state index in [1.165, 1.54) is 60.3 Å². The lowest BCUT2D eigenvalue weighted by Crippen LogP contribution is -2.09. The number of anilines is 6. The van der Waals surface area contributed by atoms with E-state index >= 15 is 0 Å². The molecule has 590 valence electrons. The summed E-state index contributed by atoms with van der Waals surface area (Å²) in [6.07, 6.45) is 0. The van der Waals surface area contributed by atoms with E-state index in [-0.39, 0.29) is 0 Å². The molecule has 6 heteroatoms. The van der Waals surface area contributed by atoms with Crippen LogP contribution in [0.2, 0.25) is 0 Å². The first kappa shape index (κ1) is 73.1. The summed E-state index contributed by atoms with van der Waals surface area (Å²) >= 11 is 0. The topological polar surface area (TPSA) is 42.6 Å². The highest BCUT2D eigenvalue weighted by molar-refractivity contribution is 6.14. The highest BCUT2D eigenvalue weighted by Gasteiger charge is 2.23. The average Bonchev–Trinajstić information content (AvgIpc) is 1.60. The molecule has 24 rings (SSSR count).